The van der Waals surface area contributed by atoms with Crippen molar-refractivity contribution >= 4 is 16.9 Å². The molecule has 2 saturated heterocycles. The van der Waals surface area contributed by atoms with Crippen molar-refractivity contribution in [1.29, 1.82) is 0 Å². The Balaban J connectivity index is 1.23. The number of aromatic nitrogens is 2. The highest BCUT2D eigenvalue weighted by molar-refractivity contribution is 5.93. The molecule has 35 heavy (non-hydrogen) atoms. The third kappa shape index (κ3) is 3.93. The lowest BCUT2D eigenvalue weighted by molar-refractivity contribution is 0.00794. The zero-order valence-corrected chi connectivity index (χ0v) is 18.5. The SMILES string of the molecule is NC(=O)c1ccc(-c2ccc(-c3nc4cc(O[C@@H]5COC6[C@H](O)CO[C@@H]65)[nH]c4cc3F)cc2)cc1. The number of nitrogens with two attached hydrogens (primary N) is 1. The Labute approximate surface area is 199 Å². The Morgan fingerprint density at radius 2 is 1.66 bits per heavy atom. The lowest BCUT2D eigenvalue weighted by atomic mass is 10.0. The van der Waals surface area contributed by atoms with Gasteiger partial charge in [-0.2, -0.15) is 0 Å². The zero-order chi connectivity index (χ0) is 24.1. The number of nitrogens with one attached hydrogen (secondary N) is 1. The number of hydrogen-bond donors (Lipinski definition) is 3. The lowest BCUT2D eigenvalue weighted by Gasteiger charge is -2.16. The van der Waals surface area contributed by atoms with Gasteiger partial charge in [0.2, 0.25) is 5.91 Å². The van der Waals surface area contributed by atoms with Crippen LogP contribution in [-0.2, 0) is 9.47 Å². The first-order valence-electron chi connectivity index (χ1n) is 11.2. The van der Waals surface area contributed by atoms with Gasteiger partial charge in [-0.1, -0.05) is 36.4 Å². The molecule has 6 rings (SSSR count). The minimum atomic E-state index is -0.657. The maximum Gasteiger partial charge on any atom is 0.248 e. The number of H-pyrrole nitrogens is 1. The highest BCUT2D eigenvalue weighted by atomic mass is 19.1. The van der Waals surface area contributed by atoms with Crippen LogP contribution in [0.3, 0.4) is 0 Å². The number of rotatable bonds is 5. The van der Waals surface area contributed by atoms with E-state index in [2.05, 4.69) is 9.97 Å². The standard InChI is InChI=1S/C26H22FN3O5/c27-17-9-18-19(10-22(29-18)35-21-12-34-24-20(31)11-33-25(21)24)30-23(17)15-5-1-13(2-6-15)14-3-7-16(8-4-14)26(28)32/h1-10,20-21,24-25,29,31H,11-12H2,(H2,28,32)/t20-,21-,24?,25-/m1/s1. The van der Waals surface area contributed by atoms with Crippen LogP contribution in [0.4, 0.5) is 4.39 Å². The van der Waals surface area contributed by atoms with E-state index in [0.29, 0.717) is 34.6 Å². The second-order valence-corrected chi connectivity index (χ2v) is 8.72. The summed E-state index contributed by atoms with van der Waals surface area (Å²) in [6.07, 6.45) is -1.77. The van der Waals surface area contributed by atoms with Crippen LogP contribution < -0.4 is 10.5 Å². The molecule has 4 atom stereocenters. The molecule has 2 aliphatic rings. The number of nitrogens with zero attached hydrogens (tertiary/aromatic N) is 1. The van der Waals surface area contributed by atoms with Crippen molar-refractivity contribution in [2.45, 2.75) is 24.4 Å². The van der Waals surface area contributed by atoms with Gasteiger partial charge in [-0.15, -0.1) is 0 Å². The van der Waals surface area contributed by atoms with Gasteiger partial charge in [0.1, 0.15) is 24.0 Å². The van der Waals surface area contributed by atoms with Gasteiger partial charge in [0.05, 0.1) is 24.2 Å². The summed E-state index contributed by atoms with van der Waals surface area (Å²) >= 11 is 0. The van der Waals surface area contributed by atoms with E-state index < -0.39 is 23.9 Å². The Bertz CT molecular complexity index is 1400. The molecule has 4 aromatic rings. The number of carbonyl (C=O) groups excluding carboxylic acids is 1. The van der Waals surface area contributed by atoms with Crippen LogP contribution in [0.5, 0.6) is 5.88 Å². The molecule has 2 aromatic heterocycles. The van der Waals surface area contributed by atoms with Crippen molar-refractivity contribution in [3.63, 3.8) is 0 Å². The third-order valence-corrected chi connectivity index (χ3v) is 6.45. The second kappa shape index (κ2) is 8.46. The quantitative estimate of drug-likeness (QED) is 0.408. The van der Waals surface area contributed by atoms with Crippen LogP contribution in [0.15, 0.2) is 60.7 Å². The first-order chi connectivity index (χ1) is 17.0. The van der Waals surface area contributed by atoms with Gasteiger partial charge in [0, 0.05) is 23.3 Å². The second-order valence-electron chi connectivity index (χ2n) is 8.72. The molecule has 0 radical (unpaired) electrons. The summed E-state index contributed by atoms with van der Waals surface area (Å²) in [7, 11) is 0. The molecule has 4 heterocycles. The van der Waals surface area contributed by atoms with Crippen LogP contribution in [-0.4, -0.2) is 58.6 Å². The number of carbonyl (C=O) groups is 1. The van der Waals surface area contributed by atoms with Crippen molar-refractivity contribution in [1.82, 2.24) is 9.97 Å². The maximum absolute atomic E-state index is 14.9. The number of aliphatic hydroxyl groups is 1. The maximum atomic E-state index is 14.9. The van der Waals surface area contributed by atoms with Gasteiger partial charge in [-0.25, -0.2) is 9.37 Å². The van der Waals surface area contributed by atoms with Crippen molar-refractivity contribution in [3.8, 4) is 28.3 Å². The monoisotopic (exact) mass is 475 g/mol. The molecule has 2 aliphatic heterocycles. The molecule has 2 aromatic carbocycles. The van der Waals surface area contributed by atoms with E-state index in [4.69, 9.17) is 19.9 Å². The molecule has 1 unspecified atom stereocenters. The number of primary amides is 1. The summed E-state index contributed by atoms with van der Waals surface area (Å²) in [5, 5.41) is 9.90. The molecule has 2 fully saturated rings. The van der Waals surface area contributed by atoms with Crippen molar-refractivity contribution < 1.29 is 28.5 Å². The van der Waals surface area contributed by atoms with E-state index in [9.17, 15) is 14.3 Å². The Hall–Kier alpha value is -3.79. The molecule has 0 spiro atoms. The van der Waals surface area contributed by atoms with Gasteiger partial charge in [0.15, 0.2) is 17.8 Å². The van der Waals surface area contributed by atoms with E-state index in [1.807, 2.05) is 24.3 Å². The summed E-state index contributed by atoms with van der Waals surface area (Å²) in [6.45, 7) is 0.516. The number of hydrogen-bond acceptors (Lipinski definition) is 6. The first kappa shape index (κ1) is 21.7. The number of aliphatic hydroxyl groups excluding tert-OH is 1. The van der Waals surface area contributed by atoms with Crippen LogP contribution in [0.2, 0.25) is 0 Å². The first-order valence-corrected chi connectivity index (χ1v) is 11.2. The highest BCUT2D eigenvalue weighted by Gasteiger charge is 2.48. The highest BCUT2D eigenvalue weighted by Crippen LogP contribution is 2.32. The van der Waals surface area contributed by atoms with Crippen LogP contribution in [0.1, 0.15) is 10.4 Å². The molecule has 178 valence electrons. The Kier molecular flexibility index (Phi) is 5.25. The van der Waals surface area contributed by atoms with E-state index in [0.717, 1.165) is 11.1 Å². The molecule has 0 bridgehead atoms. The average molecular weight is 475 g/mol. The van der Waals surface area contributed by atoms with Gasteiger partial charge in [0.25, 0.3) is 0 Å². The van der Waals surface area contributed by atoms with Gasteiger partial charge < -0.3 is 30.0 Å². The number of pyridine rings is 1. The smallest absolute Gasteiger partial charge is 0.248 e. The van der Waals surface area contributed by atoms with Crippen LogP contribution in [0.25, 0.3) is 33.4 Å². The van der Waals surface area contributed by atoms with Crippen LogP contribution in [0, 0.1) is 5.82 Å². The predicted molar refractivity (Wildman–Crippen MR) is 125 cm³/mol. The molecule has 4 N–H and O–H groups in total. The molecular weight excluding hydrogens is 453 g/mol. The van der Waals surface area contributed by atoms with Gasteiger partial charge in [-0.05, 0) is 23.3 Å². The van der Waals surface area contributed by atoms with E-state index in [-0.39, 0.29) is 24.5 Å². The predicted octanol–water partition coefficient (Wildman–Crippen LogP) is 3.04. The zero-order valence-electron chi connectivity index (χ0n) is 18.5. The fourth-order valence-corrected chi connectivity index (χ4v) is 4.63. The molecule has 0 aliphatic carbocycles. The average Bonchev–Trinajstić information content (AvgIpc) is 3.55. The molecular formula is C26H22FN3O5. The number of amides is 1. The third-order valence-electron chi connectivity index (χ3n) is 6.45. The number of aromatic amines is 1. The normalized spacial score (nSPS) is 23.5. The Morgan fingerprint density at radius 1 is 1.00 bits per heavy atom. The molecule has 1 amide bonds. The molecule has 0 saturated carbocycles. The van der Waals surface area contributed by atoms with Crippen LogP contribution >= 0.6 is 0 Å². The minimum Gasteiger partial charge on any atom is -0.470 e. The number of ether oxygens (including phenoxy) is 3. The fourth-order valence-electron chi connectivity index (χ4n) is 4.63. The minimum absolute atomic E-state index is 0.218. The topological polar surface area (TPSA) is 120 Å². The van der Waals surface area contributed by atoms with Gasteiger partial charge in [-0.3, -0.25) is 4.79 Å². The Morgan fingerprint density at radius 3 is 2.37 bits per heavy atom. The summed E-state index contributed by atoms with van der Waals surface area (Å²) in [5.74, 6) is -0.511. The van der Waals surface area contributed by atoms with Crippen molar-refractivity contribution in [3.05, 3.63) is 72.0 Å². The largest absolute Gasteiger partial charge is 0.470 e. The number of benzene rings is 2. The summed E-state index contributed by atoms with van der Waals surface area (Å²) in [5.41, 5.74) is 9.49. The fraction of sp³-hybridized carbons (Fsp3) is 0.231. The number of fused-ring (bicyclic) bond motifs is 2. The molecule has 9 heteroatoms. The van der Waals surface area contributed by atoms with Crippen molar-refractivity contribution in [2.24, 2.45) is 5.73 Å². The molecule has 8 nitrogen and oxygen atoms in total. The lowest BCUT2D eigenvalue weighted by Crippen LogP contribution is -2.34. The van der Waals surface area contributed by atoms with Crippen molar-refractivity contribution in [2.75, 3.05) is 13.2 Å². The number of halogens is 1. The van der Waals surface area contributed by atoms with E-state index >= 15 is 0 Å². The summed E-state index contributed by atoms with van der Waals surface area (Å²) in [4.78, 5) is 18.8. The summed E-state index contributed by atoms with van der Waals surface area (Å²) < 4.78 is 32.1. The summed E-state index contributed by atoms with van der Waals surface area (Å²) in [6, 6.07) is 17.4. The van der Waals surface area contributed by atoms with Gasteiger partial charge >= 0.3 is 0 Å². The van der Waals surface area contributed by atoms with E-state index in [1.165, 1.54) is 6.07 Å². The van der Waals surface area contributed by atoms with E-state index in [1.54, 1.807) is 30.3 Å².